The van der Waals surface area contributed by atoms with Gasteiger partial charge in [0.15, 0.2) is 5.13 Å². The SMILES string of the molecule is COc1ccc(CC(=O)N(CCN(C)C)c2nc3c(Cl)cccc3s2)cc1. The molecule has 0 saturated carbocycles. The molecule has 0 fully saturated rings. The van der Waals surface area contributed by atoms with Gasteiger partial charge in [-0.1, -0.05) is 41.1 Å². The molecule has 0 spiro atoms. The van der Waals surface area contributed by atoms with Gasteiger partial charge >= 0.3 is 0 Å². The highest BCUT2D eigenvalue weighted by molar-refractivity contribution is 7.22. The first-order chi connectivity index (χ1) is 13.0. The molecule has 1 amide bonds. The molecule has 3 aromatic rings. The Balaban J connectivity index is 1.86. The van der Waals surface area contributed by atoms with Crippen molar-refractivity contribution in [2.45, 2.75) is 6.42 Å². The van der Waals surface area contributed by atoms with Gasteiger partial charge in [-0.3, -0.25) is 9.69 Å². The van der Waals surface area contributed by atoms with Crippen LogP contribution in [0.2, 0.25) is 5.02 Å². The number of benzene rings is 2. The van der Waals surface area contributed by atoms with Crippen LogP contribution in [-0.4, -0.2) is 50.1 Å². The first kappa shape index (κ1) is 19.6. The van der Waals surface area contributed by atoms with Crippen molar-refractivity contribution < 1.29 is 9.53 Å². The van der Waals surface area contributed by atoms with Gasteiger partial charge in [-0.2, -0.15) is 0 Å². The summed E-state index contributed by atoms with van der Waals surface area (Å²) in [5.41, 5.74) is 1.68. The molecule has 0 saturated heterocycles. The summed E-state index contributed by atoms with van der Waals surface area (Å²) in [5.74, 6) is 0.786. The molecule has 0 aliphatic carbocycles. The Morgan fingerprint density at radius 2 is 1.89 bits per heavy atom. The number of ether oxygens (including phenoxy) is 1. The lowest BCUT2D eigenvalue weighted by Crippen LogP contribution is -2.37. The number of para-hydroxylation sites is 1. The van der Waals surface area contributed by atoms with E-state index in [0.29, 0.717) is 23.1 Å². The fourth-order valence-electron chi connectivity index (χ4n) is 2.66. The number of methoxy groups -OCH3 is 1. The van der Waals surface area contributed by atoms with Gasteiger partial charge in [0.2, 0.25) is 5.91 Å². The molecule has 0 unspecified atom stereocenters. The van der Waals surface area contributed by atoms with Crippen LogP contribution >= 0.6 is 22.9 Å². The second-order valence-corrected chi connectivity index (χ2v) is 7.87. The summed E-state index contributed by atoms with van der Waals surface area (Å²) in [6.45, 7) is 1.32. The Hall–Kier alpha value is -2.15. The number of nitrogens with zero attached hydrogens (tertiary/aromatic N) is 3. The minimum atomic E-state index is 0.0113. The van der Waals surface area contributed by atoms with Crippen molar-refractivity contribution in [1.82, 2.24) is 9.88 Å². The number of carbonyl (C=O) groups is 1. The van der Waals surface area contributed by atoms with Crippen molar-refractivity contribution in [3.05, 3.63) is 53.1 Å². The van der Waals surface area contributed by atoms with E-state index in [-0.39, 0.29) is 5.91 Å². The predicted octanol–water partition coefficient (Wildman–Crippen LogP) is 4.10. The van der Waals surface area contributed by atoms with Crippen LogP contribution in [0.5, 0.6) is 5.75 Å². The molecule has 1 aromatic heterocycles. The van der Waals surface area contributed by atoms with Crippen LogP contribution < -0.4 is 9.64 Å². The maximum Gasteiger partial charge on any atom is 0.233 e. The lowest BCUT2D eigenvalue weighted by atomic mass is 10.1. The normalized spacial score (nSPS) is 11.1. The summed E-state index contributed by atoms with van der Waals surface area (Å²) in [7, 11) is 5.60. The van der Waals surface area contributed by atoms with Gasteiger partial charge in [-0.25, -0.2) is 4.98 Å². The summed E-state index contributed by atoms with van der Waals surface area (Å²) in [6.07, 6.45) is 0.307. The van der Waals surface area contributed by atoms with Gasteiger partial charge in [0, 0.05) is 13.1 Å². The predicted molar refractivity (Wildman–Crippen MR) is 112 cm³/mol. The Morgan fingerprint density at radius 3 is 2.52 bits per heavy atom. The van der Waals surface area contributed by atoms with E-state index in [2.05, 4.69) is 4.98 Å². The van der Waals surface area contributed by atoms with Gasteiger partial charge in [0.05, 0.1) is 23.3 Å². The molecule has 0 aliphatic heterocycles. The minimum absolute atomic E-state index is 0.0113. The van der Waals surface area contributed by atoms with Gasteiger partial charge < -0.3 is 9.64 Å². The van der Waals surface area contributed by atoms with Crippen molar-refractivity contribution >= 4 is 44.2 Å². The Morgan fingerprint density at radius 1 is 1.15 bits per heavy atom. The maximum atomic E-state index is 13.1. The van der Waals surface area contributed by atoms with Crippen LogP contribution in [0.3, 0.4) is 0 Å². The molecular formula is C20H22ClN3O2S. The van der Waals surface area contributed by atoms with Crippen LogP contribution in [0.1, 0.15) is 5.56 Å². The number of hydrogen-bond donors (Lipinski definition) is 0. The highest BCUT2D eigenvalue weighted by Gasteiger charge is 2.21. The van der Waals surface area contributed by atoms with E-state index in [4.69, 9.17) is 16.3 Å². The Labute approximate surface area is 168 Å². The van der Waals surface area contributed by atoms with Gasteiger partial charge in [-0.15, -0.1) is 0 Å². The van der Waals surface area contributed by atoms with E-state index < -0.39 is 0 Å². The standard InChI is InChI=1S/C20H22ClN3O2S/c1-23(2)11-12-24(18(25)13-14-7-9-15(26-3)10-8-14)20-22-19-16(21)5-4-6-17(19)27-20/h4-10H,11-13H2,1-3H3. The van der Waals surface area contributed by atoms with Crippen LogP contribution in [0.15, 0.2) is 42.5 Å². The molecule has 0 bridgehead atoms. The fraction of sp³-hybridized carbons (Fsp3) is 0.300. The second kappa shape index (κ2) is 8.69. The summed E-state index contributed by atoms with van der Waals surface area (Å²) in [5, 5.41) is 1.28. The monoisotopic (exact) mass is 403 g/mol. The average molecular weight is 404 g/mol. The molecule has 0 atom stereocenters. The molecule has 2 aromatic carbocycles. The number of rotatable bonds is 7. The van der Waals surface area contributed by atoms with Crippen LogP contribution in [-0.2, 0) is 11.2 Å². The third-order valence-corrected chi connectivity index (χ3v) is 5.52. The zero-order valence-corrected chi connectivity index (χ0v) is 17.2. The number of fused-ring (bicyclic) bond motifs is 1. The summed E-state index contributed by atoms with van der Waals surface area (Å²) in [6, 6.07) is 13.2. The summed E-state index contributed by atoms with van der Waals surface area (Å²) < 4.78 is 6.16. The van der Waals surface area contributed by atoms with Gasteiger partial charge in [0.1, 0.15) is 11.3 Å². The quantitative estimate of drug-likeness (QED) is 0.596. The molecule has 5 nitrogen and oxygen atoms in total. The number of halogens is 1. The van der Waals surface area contributed by atoms with E-state index >= 15 is 0 Å². The van der Waals surface area contributed by atoms with E-state index in [1.54, 1.807) is 12.0 Å². The molecule has 7 heteroatoms. The first-order valence-corrected chi connectivity index (χ1v) is 9.80. The molecule has 0 N–H and O–H groups in total. The van der Waals surface area contributed by atoms with Crippen LogP contribution in [0, 0.1) is 0 Å². The van der Waals surface area contributed by atoms with Crippen LogP contribution in [0.4, 0.5) is 5.13 Å². The molecule has 0 radical (unpaired) electrons. The van der Waals surface area contributed by atoms with E-state index in [1.165, 1.54) is 11.3 Å². The first-order valence-electron chi connectivity index (χ1n) is 8.61. The van der Waals surface area contributed by atoms with Crippen molar-refractivity contribution in [2.75, 3.05) is 39.2 Å². The zero-order valence-electron chi connectivity index (χ0n) is 15.6. The highest BCUT2D eigenvalue weighted by atomic mass is 35.5. The zero-order chi connectivity index (χ0) is 19.4. The molecule has 27 heavy (non-hydrogen) atoms. The molecular weight excluding hydrogens is 382 g/mol. The molecule has 0 aliphatic rings. The number of amides is 1. The Bertz CT molecular complexity index is 925. The second-order valence-electron chi connectivity index (χ2n) is 6.46. The number of hydrogen-bond acceptors (Lipinski definition) is 5. The number of anilines is 1. The average Bonchev–Trinajstić information content (AvgIpc) is 3.07. The van der Waals surface area contributed by atoms with Crippen molar-refractivity contribution in [1.29, 1.82) is 0 Å². The third kappa shape index (κ3) is 4.77. The van der Waals surface area contributed by atoms with Gasteiger partial charge in [-0.05, 0) is 43.9 Å². The minimum Gasteiger partial charge on any atom is -0.497 e. The lowest BCUT2D eigenvalue weighted by molar-refractivity contribution is -0.118. The third-order valence-electron chi connectivity index (χ3n) is 4.18. The topological polar surface area (TPSA) is 45.7 Å². The molecule has 142 valence electrons. The lowest BCUT2D eigenvalue weighted by Gasteiger charge is -2.22. The van der Waals surface area contributed by atoms with E-state index in [1.807, 2.05) is 61.5 Å². The van der Waals surface area contributed by atoms with Crippen molar-refractivity contribution in [3.8, 4) is 5.75 Å². The van der Waals surface area contributed by atoms with Gasteiger partial charge in [0.25, 0.3) is 0 Å². The number of likely N-dealkylation sites (N-methyl/N-ethyl adjacent to an activating group) is 1. The number of aromatic nitrogens is 1. The van der Waals surface area contributed by atoms with Crippen LogP contribution in [0.25, 0.3) is 10.2 Å². The van der Waals surface area contributed by atoms with Crippen molar-refractivity contribution in [3.63, 3.8) is 0 Å². The maximum absolute atomic E-state index is 13.1. The highest BCUT2D eigenvalue weighted by Crippen LogP contribution is 2.33. The largest absolute Gasteiger partial charge is 0.497 e. The van der Waals surface area contributed by atoms with E-state index in [9.17, 15) is 4.79 Å². The van der Waals surface area contributed by atoms with E-state index in [0.717, 1.165) is 28.1 Å². The Kier molecular flexibility index (Phi) is 6.31. The molecule has 3 rings (SSSR count). The summed E-state index contributed by atoms with van der Waals surface area (Å²) >= 11 is 7.75. The van der Waals surface area contributed by atoms with Crippen molar-refractivity contribution in [2.24, 2.45) is 0 Å². The smallest absolute Gasteiger partial charge is 0.233 e. The summed E-state index contributed by atoms with van der Waals surface area (Å²) in [4.78, 5) is 21.5. The molecule has 1 heterocycles. The fourth-order valence-corrected chi connectivity index (χ4v) is 3.97. The number of thiazole rings is 1. The number of carbonyl (C=O) groups excluding carboxylic acids is 1.